The fraction of sp³-hybridized carbons (Fsp3) is 0.312. The number of ether oxygens (including phenoxy) is 2. The van der Waals surface area contributed by atoms with Crippen molar-refractivity contribution in [2.75, 3.05) is 44.4 Å². The number of aryl methyl sites for hydroxylation is 1. The third kappa shape index (κ3) is 6.36. The number of para-hydroxylation sites is 1. The molecule has 1 saturated heterocycles. The molecule has 1 aliphatic rings. The first-order valence-electron chi connectivity index (χ1n) is 14.4. The number of anilines is 2. The highest BCUT2D eigenvalue weighted by atomic mass is 35.5. The second-order valence-electron chi connectivity index (χ2n) is 10.6. The van der Waals surface area contributed by atoms with Gasteiger partial charge in [-0.05, 0) is 75.2 Å². The Morgan fingerprint density at radius 2 is 1.88 bits per heavy atom. The normalized spacial score (nSPS) is 13.8. The lowest BCUT2D eigenvalue weighted by atomic mass is 10.1. The molecule has 0 radical (unpaired) electrons. The lowest BCUT2D eigenvalue weighted by Crippen LogP contribution is -2.31. The van der Waals surface area contributed by atoms with Crippen LogP contribution in [-0.2, 0) is 0 Å². The smallest absolute Gasteiger partial charge is 0.255 e. The molecule has 0 saturated carbocycles. The van der Waals surface area contributed by atoms with Crippen LogP contribution in [0, 0.1) is 6.92 Å². The minimum Gasteiger partial charge on any atom is -0.493 e. The number of piperidine rings is 1. The predicted octanol–water partition coefficient (Wildman–Crippen LogP) is 6.97. The van der Waals surface area contributed by atoms with Gasteiger partial charge in [0, 0.05) is 23.6 Å². The maximum atomic E-state index is 13.0. The zero-order valence-electron chi connectivity index (χ0n) is 24.2. The van der Waals surface area contributed by atoms with Crippen molar-refractivity contribution in [3.8, 4) is 22.3 Å². The number of likely N-dealkylation sites (tertiary alicyclic amines) is 1. The molecule has 5 aromatic rings. The Kier molecular flexibility index (Phi) is 8.60. The molecule has 0 spiro atoms. The molecule has 1 aliphatic heterocycles. The number of thiazole rings is 1. The lowest BCUT2D eigenvalue weighted by Gasteiger charge is -2.26. The molecule has 43 heavy (non-hydrogen) atoms. The van der Waals surface area contributed by atoms with Gasteiger partial charge in [-0.1, -0.05) is 30.2 Å². The molecule has 3 heterocycles. The van der Waals surface area contributed by atoms with Crippen LogP contribution in [-0.4, -0.2) is 59.1 Å². The fourth-order valence-corrected chi connectivity index (χ4v) is 6.53. The summed E-state index contributed by atoms with van der Waals surface area (Å²) in [6, 6.07) is 14.5. The van der Waals surface area contributed by atoms with Crippen molar-refractivity contribution in [2.45, 2.75) is 32.6 Å². The van der Waals surface area contributed by atoms with Gasteiger partial charge < -0.3 is 25.4 Å². The number of aromatic nitrogens is 3. The van der Waals surface area contributed by atoms with Crippen LogP contribution in [0.5, 0.6) is 11.5 Å². The summed E-state index contributed by atoms with van der Waals surface area (Å²) in [5.41, 5.74) is 9.75. The van der Waals surface area contributed by atoms with E-state index in [-0.39, 0.29) is 5.91 Å². The molecule has 1 fully saturated rings. The number of nitrogens with zero attached hydrogens (tertiary/aromatic N) is 4. The van der Waals surface area contributed by atoms with Gasteiger partial charge in [0.15, 0.2) is 22.3 Å². The summed E-state index contributed by atoms with van der Waals surface area (Å²) >= 11 is 7.70. The summed E-state index contributed by atoms with van der Waals surface area (Å²) in [4.78, 5) is 29.6. The number of carbonyl (C=O) groups excluding carboxylic acids is 1. The van der Waals surface area contributed by atoms with Crippen LogP contribution in [0.2, 0.25) is 5.02 Å². The summed E-state index contributed by atoms with van der Waals surface area (Å²) in [6.45, 7) is 5.84. The van der Waals surface area contributed by atoms with Crippen molar-refractivity contribution in [1.29, 1.82) is 0 Å². The second-order valence-corrected chi connectivity index (χ2v) is 12.1. The van der Waals surface area contributed by atoms with Gasteiger partial charge in [0.25, 0.3) is 5.91 Å². The molecule has 0 atom stereocenters. The van der Waals surface area contributed by atoms with E-state index >= 15 is 0 Å². The van der Waals surface area contributed by atoms with Crippen molar-refractivity contribution in [1.82, 2.24) is 19.9 Å². The van der Waals surface area contributed by atoms with Gasteiger partial charge in [-0.15, -0.1) is 11.3 Å². The van der Waals surface area contributed by atoms with Gasteiger partial charge in [-0.25, -0.2) is 15.0 Å². The highest BCUT2D eigenvalue weighted by Crippen LogP contribution is 2.36. The van der Waals surface area contributed by atoms with Gasteiger partial charge in [0.05, 0.1) is 40.2 Å². The third-order valence-corrected chi connectivity index (χ3v) is 8.97. The zero-order valence-corrected chi connectivity index (χ0v) is 25.7. The van der Waals surface area contributed by atoms with Crippen LogP contribution >= 0.6 is 22.9 Å². The van der Waals surface area contributed by atoms with Crippen LogP contribution in [0.15, 0.2) is 48.5 Å². The van der Waals surface area contributed by atoms with Crippen LogP contribution in [0.25, 0.3) is 32.0 Å². The monoisotopic (exact) mass is 616 g/mol. The van der Waals surface area contributed by atoms with E-state index in [9.17, 15) is 4.79 Å². The molecule has 222 valence electrons. The fourth-order valence-electron chi connectivity index (χ4n) is 5.32. The molecular weight excluding hydrogens is 584 g/mol. The average Bonchev–Trinajstić information content (AvgIpc) is 3.45. The average molecular weight is 617 g/mol. The first-order valence-corrected chi connectivity index (χ1v) is 15.6. The maximum Gasteiger partial charge on any atom is 0.255 e. The third-order valence-electron chi connectivity index (χ3n) is 7.64. The van der Waals surface area contributed by atoms with E-state index in [4.69, 9.17) is 36.8 Å². The van der Waals surface area contributed by atoms with Gasteiger partial charge in [-0.3, -0.25) is 4.79 Å². The number of benzene rings is 3. The quantitative estimate of drug-likeness (QED) is 0.171. The Hall–Kier alpha value is -3.99. The lowest BCUT2D eigenvalue weighted by molar-refractivity contribution is 0.102. The maximum absolute atomic E-state index is 13.0. The Labute approximate surface area is 259 Å². The predicted molar refractivity (Wildman–Crippen MR) is 174 cm³/mol. The van der Waals surface area contributed by atoms with Crippen LogP contribution < -0.4 is 20.5 Å². The van der Waals surface area contributed by atoms with Crippen molar-refractivity contribution in [3.05, 3.63) is 64.7 Å². The molecule has 0 bridgehead atoms. The van der Waals surface area contributed by atoms with Gasteiger partial charge >= 0.3 is 0 Å². The number of hydrogen-bond acceptors (Lipinski definition) is 9. The Morgan fingerprint density at radius 1 is 1.05 bits per heavy atom. The van der Waals surface area contributed by atoms with Crippen molar-refractivity contribution in [3.63, 3.8) is 0 Å². The highest BCUT2D eigenvalue weighted by Gasteiger charge is 2.18. The number of rotatable bonds is 9. The SMILES string of the molecule is COc1cc2c(N)nc(-c3nc4ccc(C(=O)Nc5c(C)cccc5Cl)cc4s3)nc2cc1OCCCN1CCCCC1. The molecule has 3 N–H and O–H groups in total. The van der Waals surface area contributed by atoms with Gasteiger partial charge in [0.2, 0.25) is 0 Å². The zero-order chi connectivity index (χ0) is 29.9. The molecule has 0 aliphatic carbocycles. The summed E-state index contributed by atoms with van der Waals surface area (Å²) in [5.74, 6) is 1.68. The van der Waals surface area contributed by atoms with E-state index in [0.29, 0.717) is 61.9 Å². The van der Waals surface area contributed by atoms with E-state index in [0.717, 1.165) is 28.7 Å². The molecular formula is C32H33ClN6O3S. The summed E-state index contributed by atoms with van der Waals surface area (Å²) in [5, 5.41) is 4.69. The van der Waals surface area contributed by atoms with E-state index in [1.54, 1.807) is 19.2 Å². The molecule has 11 heteroatoms. The largest absolute Gasteiger partial charge is 0.493 e. The van der Waals surface area contributed by atoms with E-state index in [1.807, 2.05) is 43.3 Å². The van der Waals surface area contributed by atoms with Crippen molar-refractivity contribution < 1.29 is 14.3 Å². The summed E-state index contributed by atoms with van der Waals surface area (Å²) < 4.78 is 12.6. The summed E-state index contributed by atoms with van der Waals surface area (Å²) in [6.07, 6.45) is 4.81. The Bertz CT molecular complexity index is 1780. The Morgan fingerprint density at radius 3 is 2.67 bits per heavy atom. The number of carbonyl (C=O) groups is 1. The van der Waals surface area contributed by atoms with E-state index < -0.39 is 0 Å². The first-order chi connectivity index (χ1) is 20.9. The standard InChI is InChI=1S/C32H33ClN6O3S/c1-19-8-6-9-22(33)28(19)37-31(40)20-10-11-23-27(16-20)43-32(36-23)30-35-24-18-26(25(41-2)17-21(24)29(34)38-30)42-15-7-14-39-12-4-3-5-13-39/h6,8-11,16-18H,3-5,7,12-15H2,1-2H3,(H,37,40)(H2,34,35,38). The second kappa shape index (κ2) is 12.7. The van der Waals surface area contributed by atoms with Crippen LogP contribution in [0.3, 0.4) is 0 Å². The molecule has 2 aromatic heterocycles. The van der Waals surface area contributed by atoms with Gasteiger partial charge in [-0.2, -0.15) is 0 Å². The first kappa shape index (κ1) is 29.1. The van der Waals surface area contributed by atoms with Crippen molar-refractivity contribution in [2.24, 2.45) is 0 Å². The number of nitrogens with two attached hydrogens (primary N) is 1. The van der Waals surface area contributed by atoms with E-state index in [1.165, 1.54) is 43.7 Å². The molecule has 1 amide bonds. The molecule has 3 aromatic carbocycles. The minimum atomic E-state index is -0.253. The molecule has 0 unspecified atom stereocenters. The minimum absolute atomic E-state index is 0.253. The number of amides is 1. The van der Waals surface area contributed by atoms with E-state index in [2.05, 4.69) is 15.2 Å². The molecule has 6 rings (SSSR count). The highest BCUT2D eigenvalue weighted by molar-refractivity contribution is 7.21. The van der Waals surface area contributed by atoms with Crippen molar-refractivity contribution >= 4 is 61.5 Å². The number of hydrogen-bond donors (Lipinski definition) is 2. The Balaban J connectivity index is 1.23. The van der Waals surface area contributed by atoms with Crippen LogP contribution in [0.4, 0.5) is 11.5 Å². The number of nitrogen functional groups attached to an aromatic ring is 1. The van der Waals surface area contributed by atoms with Gasteiger partial charge in [0.1, 0.15) is 5.82 Å². The number of methoxy groups -OCH3 is 1. The number of halogens is 1. The summed E-state index contributed by atoms with van der Waals surface area (Å²) in [7, 11) is 1.61. The number of fused-ring (bicyclic) bond motifs is 2. The molecule has 9 nitrogen and oxygen atoms in total. The topological polar surface area (TPSA) is 115 Å². The van der Waals surface area contributed by atoms with Crippen LogP contribution in [0.1, 0.15) is 41.6 Å². The number of nitrogens with one attached hydrogen (secondary N) is 1.